The second-order valence-corrected chi connectivity index (χ2v) is 7.66. The molecule has 0 spiro atoms. The Hall–Kier alpha value is -0.500. The van der Waals surface area contributed by atoms with Crippen molar-refractivity contribution in [3.8, 4) is 0 Å². The van der Waals surface area contributed by atoms with Gasteiger partial charge in [0.1, 0.15) is 10.7 Å². The van der Waals surface area contributed by atoms with Crippen LogP contribution in [-0.4, -0.2) is 25.8 Å². The van der Waals surface area contributed by atoms with Crippen molar-refractivity contribution in [2.45, 2.75) is 24.8 Å². The van der Waals surface area contributed by atoms with E-state index in [-0.39, 0.29) is 17.0 Å². The summed E-state index contributed by atoms with van der Waals surface area (Å²) in [4.78, 5) is -0.295. The molecule has 1 fully saturated rings. The molecule has 0 radical (unpaired) electrons. The second-order valence-electron chi connectivity index (χ2n) is 4.84. The predicted octanol–water partition coefficient (Wildman–Crippen LogP) is 2.08. The lowest BCUT2D eigenvalue weighted by Gasteiger charge is -2.17. The molecule has 2 rings (SSSR count). The van der Waals surface area contributed by atoms with E-state index in [0.717, 1.165) is 6.42 Å². The van der Waals surface area contributed by atoms with E-state index in [2.05, 4.69) is 15.9 Å². The molecule has 1 saturated heterocycles. The number of halogens is 2. The molecule has 1 heterocycles. The molecule has 2 N–H and O–H groups in total. The van der Waals surface area contributed by atoms with Gasteiger partial charge in [-0.3, -0.25) is 0 Å². The molecule has 1 aromatic carbocycles. The Kier molecular flexibility index (Phi) is 4.29. The molecule has 106 valence electrons. The van der Waals surface area contributed by atoms with E-state index in [1.807, 2.05) is 6.92 Å². The first kappa shape index (κ1) is 14.9. The van der Waals surface area contributed by atoms with Gasteiger partial charge in [0.25, 0.3) is 0 Å². The predicted molar refractivity (Wildman–Crippen MR) is 74.5 cm³/mol. The molecule has 1 unspecified atom stereocenters. The lowest BCUT2D eigenvalue weighted by atomic mass is 10.2. The normalized spacial score (nSPS) is 20.9. The number of sulfonamides is 1. The van der Waals surface area contributed by atoms with Gasteiger partial charge < -0.3 is 5.73 Å². The molecule has 0 aliphatic carbocycles. The average molecular weight is 351 g/mol. The summed E-state index contributed by atoms with van der Waals surface area (Å²) in [5, 5.41) is 0. The topological polar surface area (TPSA) is 63.4 Å². The van der Waals surface area contributed by atoms with E-state index in [1.54, 1.807) is 0 Å². The summed E-state index contributed by atoms with van der Waals surface area (Å²) in [5.74, 6) is -0.441. The monoisotopic (exact) mass is 350 g/mol. The van der Waals surface area contributed by atoms with Crippen molar-refractivity contribution in [1.82, 2.24) is 4.31 Å². The highest BCUT2D eigenvalue weighted by Gasteiger charge is 2.33. The summed E-state index contributed by atoms with van der Waals surface area (Å²) in [6.07, 6.45) is 0.804. The van der Waals surface area contributed by atoms with Crippen LogP contribution in [0.2, 0.25) is 0 Å². The molecule has 7 heteroatoms. The number of hydrogen-bond donors (Lipinski definition) is 1. The van der Waals surface area contributed by atoms with Gasteiger partial charge in [-0.1, -0.05) is 22.9 Å². The zero-order valence-corrected chi connectivity index (χ0v) is 13.0. The first-order chi connectivity index (χ1) is 8.86. The van der Waals surface area contributed by atoms with E-state index in [0.29, 0.717) is 23.5 Å². The maximum absolute atomic E-state index is 14.2. The van der Waals surface area contributed by atoms with Crippen molar-refractivity contribution in [3.63, 3.8) is 0 Å². The molecule has 0 aromatic heterocycles. The van der Waals surface area contributed by atoms with Gasteiger partial charge >= 0.3 is 0 Å². The Bertz CT molecular complexity index is 592. The minimum Gasteiger partial charge on any atom is -0.326 e. The molecule has 1 atom stereocenters. The molecule has 1 aromatic rings. The van der Waals surface area contributed by atoms with Crippen molar-refractivity contribution in [2.24, 2.45) is 11.7 Å². The van der Waals surface area contributed by atoms with Gasteiger partial charge in [-0.15, -0.1) is 0 Å². The van der Waals surface area contributed by atoms with Gasteiger partial charge in [-0.2, -0.15) is 4.31 Å². The van der Waals surface area contributed by atoms with Crippen LogP contribution in [0.5, 0.6) is 0 Å². The lowest BCUT2D eigenvalue weighted by molar-refractivity contribution is 0.457. The van der Waals surface area contributed by atoms with Crippen LogP contribution in [0.15, 0.2) is 21.5 Å². The SMILES string of the molecule is CC1CCN(S(=O)(=O)c2cc(Br)cc(CN)c2F)C1. The van der Waals surface area contributed by atoms with Crippen LogP contribution >= 0.6 is 15.9 Å². The number of benzene rings is 1. The Labute approximate surface area is 121 Å². The van der Waals surface area contributed by atoms with E-state index >= 15 is 0 Å². The molecule has 1 aliphatic rings. The molecule has 4 nitrogen and oxygen atoms in total. The maximum Gasteiger partial charge on any atom is 0.246 e. The van der Waals surface area contributed by atoms with E-state index in [1.165, 1.54) is 16.4 Å². The van der Waals surface area contributed by atoms with E-state index in [4.69, 9.17) is 5.73 Å². The van der Waals surface area contributed by atoms with Crippen LogP contribution in [-0.2, 0) is 16.6 Å². The van der Waals surface area contributed by atoms with Crippen LogP contribution in [0, 0.1) is 11.7 Å². The van der Waals surface area contributed by atoms with E-state index < -0.39 is 15.8 Å². The van der Waals surface area contributed by atoms with Crippen LogP contribution in [0.3, 0.4) is 0 Å². The van der Waals surface area contributed by atoms with Crippen molar-refractivity contribution in [3.05, 3.63) is 28.0 Å². The zero-order valence-electron chi connectivity index (χ0n) is 10.6. The van der Waals surface area contributed by atoms with Gasteiger partial charge in [0, 0.05) is 29.7 Å². The molecular formula is C12H16BrFN2O2S. The van der Waals surface area contributed by atoms with Gasteiger partial charge in [0.2, 0.25) is 10.0 Å². The minimum absolute atomic E-state index is 0.0375. The highest BCUT2D eigenvalue weighted by Crippen LogP contribution is 2.29. The Morgan fingerprint density at radius 2 is 2.21 bits per heavy atom. The van der Waals surface area contributed by atoms with Crippen molar-refractivity contribution in [1.29, 1.82) is 0 Å². The number of rotatable bonds is 3. The molecule has 0 saturated carbocycles. The summed E-state index contributed by atoms with van der Waals surface area (Å²) in [6.45, 7) is 2.82. The summed E-state index contributed by atoms with van der Waals surface area (Å²) < 4.78 is 40.9. The van der Waals surface area contributed by atoms with Gasteiger partial charge in [-0.25, -0.2) is 12.8 Å². The summed E-state index contributed by atoms with van der Waals surface area (Å²) in [5.41, 5.74) is 5.63. The number of nitrogens with two attached hydrogens (primary N) is 1. The number of hydrogen-bond acceptors (Lipinski definition) is 3. The third-order valence-corrected chi connectivity index (χ3v) is 5.63. The Morgan fingerprint density at radius 3 is 2.74 bits per heavy atom. The third kappa shape index (κ3) is 2.84. The van der Waals surface area contributed by atoms with Gasteiger partial charge in [-0.05, 0) is 24.5 Å². The highest BCUT2D eigenvalue weighted by atomic mass is 79.9. The van der Waals surface area contributed by atoms with Gasteiger partial charge in [0.15, 0.2) is 0 Å². The first-order valence-corrected chi connectivity index (χ1v) is 8.27. The largest absolute Gasteiger partial charge is 0.326 e. The smallest absolute Gasteiger partial charge is 0.246 e. The van der Waals surface area contributed by atoms with Crippen LogP contribution in [0.1, 0.15) is 18.9 Å². The zero-order chi connectivity index (χ0) is 14.2. The fourth-order valence-corrected chi connectivity index (χ4v) is 4.57. The molecule has 19 heavy (non-hydrogen) atoms. The molecule has 0 amide bonds. The van der Waals surface area contributed by atoms with Gasteiger partial charge in [0.05, 0.1) is 0 Å². The average Bonchev–Trinajstić information content (AvgIpc) is 2.79. The summed E-state index contributed by atoms with van der Waals surface area (Å²) in [7, 11) is -3.78. The molecule has 0 bridgehead atoms. The maximum atomic E-state index is 14.2. The van der Waals surface area contributed by atoms with Crippen molar-refractivity contribution < 1.29 is 12.8 Å². The van der Waals surface area contributed by atoms with Crippen molar-refractivity contribution >= 4 is 26.0 Å². The molecule has 1 aliphatic heterocycles. The fraction of sp³-hybridized carbons (Fsp3) is 0.500. The minimum atomic E-state index is -3.78. The van der Waals surface area contributed by atoms with Crippen molar-refractivity contribution in [2.75, 3.05) is 13.1 Å². The summed E-state index contributed by atoms with van der Waals surface area (Å²) in [6, 6.07) is 2.80. The first-order valence-electron chi connectivity index (χ1n) is 6.04. The quantitative estimate of drug-likeness (QED) is 0.907. The highest BCUT2D eigenvalue weighted by molar-refractivity contribution is 9.10. The van der Waals surface area contributed by atoms with Crippen LogP contribution < -0.4 is 5.73 Å². The third-order valence-electron chi connectivity index (χ3n) is 3.30. The second kappa shape index (κ2) is 5.47. The Morgan fingerprint density at radius 1 is 1.53 bits per heavy atom. The molecular weight excluding hydrogens is 335 g/mol. The standard InChI is InChI=1S/C12H16BrFN2O2S/c1-8-2-3-16(7-8)19(17,18)11-5-10(13)4-9(6-15)12(11)14/h4-5,8H,2-3,6-7,15H2,1H3. The van der Waals surface area contributed by atoms with Crippen LogP contribution in [0.25, 0.3) is 0 Å². The summed E-state index contributed by atoms with van der Waals surface area (Å²) >= 11 is 3.20. The lowest BCUT2D eigenvalue weighted by Crippen LogP contribution is -2.29. The van der Waals surface area contributed by atoms with E-state index in [9.17, 15) is 12.8 Å². The Balaban J connectivity index is 2.49. The number of nitrogens with zero attached hydrogens (tertiary/aromatic N) is 1. The fourth-order valence-electron chi connectivity index (χ4n) is 2.21. The van der Waals surface area contributed by atoms with Crippen LogP contribution in [0.4, 0.5) is 4.39 Å².